The van der Waals surface area contributed by atoms with Gasteiger partial charge in [-0.05, 0) is 37.0 Å². The van der Waals surface area contributed by atoms with E-state index in [1.54, 1.807) is 6.20 Å². The molecule has 4 rings (SSSR count). The van der Waals surface area contributed by atoms with E-state index in [0.29, 0.717) is 24.7 Å². The fourth-order valence-electron chi connectivity index (χ4n) is 3.49. The zero-order valence-corrected chi connectivity index (χ0v) is 17.1. The second-order valence-electron chi connectivity index (χ2n) is 7.17. The Labute approximate surface area is 174 Å². The number of carbonyl (C=O) groups is 1. The molecule has 1 saturated heterocycles. The lowest BCUT2D eigenvalue weighted by molar-refractivity contribution is -0.135. The largest absolute Gasteiger partial charge is 0.368 e. The van der Waals surface area contributed by atoms with Gasteiger partial charge in [-0.25, -0.2) is 4.98 Å². The van der Waals surface area contributed by atoms with Crippen LogP contribution in [-0.4, -0.2) is 44.5 Å². The van der Waals surface area contributed by atoms with Crippen LogP contribution < -0.4 is 5.32 Å². The highest BCUT2D eigenvalue weighted by Gasteiger charge is 2.21. The number of benzene rings is 1. The topological polar surface area (TPSA) is 74.0 Å². The molecule has 0 bridgehead atoms. The first-order valence-electron chi connectivity index (χ1n) is 9.82. The van der Waals surface area contributed by atoms with Crippen molar-refractivity contribution in [3.8, 4) is 22.6 Å². The Morgan fingerprint density at radius 1 is 1.31 bits per heavy atom. The number of aromatic nitrogens is 4. The zero-order valence-electron chi connectivity index (χ0n) is 16.3. The molecule has 1 aliphatic rings. The summed E-state index contributed by atoms with van der Waals surface area (Å²) < 4.78 is 9.32. The summed E-state index contributed by atoms with van der Waals surface area (Å²) >= 11 is 6.04. The number of carbonyl (C=O) groups excluding carboxylic acids is 1. The van der Waals surface area contributed by atoms with Gasteiger partial charge < -0.3 is 14.6 Å². The zero-order chi connectivity index (χ0) is 20.2. The molecule has 3 aromatic rings. The van der Waals surface area contributed by atoms with Crippen molar-refractivity contribution >= 4 is 17.5 Å². The van der Waals surface area contributed by atoms with Gasteiger partial charge in [-0.2, -0.15) is 5.10 Å². The monoisotopic (exact) mass is 413 g/mol. The van der Waals surface area contributed by atoms with Gasteiger partial charge in [0.05, 0.1) is 6.54 Å². The van der Waals surface area contributed by atoms with Crippen molar-refractivity contribution in [1.29, 1.82) is 0 Å². The van der Waals surface area contributed by atoms with Crippen molar-refractivity contribution in [2.75, 3.05) is 13.2 Å². The number of imidazole rings is 1. The Bertz CT molecular complexity index is 973. The summed E-state index contributed by atoms with van der Waals surface area (Å²) in [5.74, 6) is 0.743. The normalized spacial score (nSPS) is 16.7. The Morgan fingerprint density at radius 3 is 2.83 bits per heavy atom. The van der Waals surface area contributed by atoms with Gasteiger partial charge in [-0.1, -0.05) is 23.7 Å². The summed E-state index contributed by atoms with van der Waals surface area (Å²) in [6.07, 6.45) is 8.16. The van der Waals surface area contributed by atoms with E-state index in [1.165, 1.54) is 0 Å². The Morgan fingerprint density at radius 2 is 2.14 bits per heavy atom. The van der Waals surface area contributed by atoms with Crippen molar-refractivity contribution < 1.29 is 9.53 Å². The molecule has 29 heavy (non-hydrogen) atoms. The van der Waals surface area contributed by atoms with Gasteiger partial charge in [0.25, 0.3) is 0 Å². The number of nitrogens with zero attached hydrogens (tertiary/aromatic N) is 4. The van der Waals surface area contributed by atoms with Crippen LogP contribution in [0.1, 0.15) is 19.3 Å². The third-order valence-electron chi connectivity index (χ3n) is 5.06. The van der Waals surface area contributed by atoms with E-state index in [9.17, 15) is 4.79 Å². The number of ether oxygens (including phenoxy) is 1. The third-order valence-corrected chi connectivity index (χ3v) is 5.31. The van der Waals surface area contributed by atoms with Crippen LogP contribution in [0.3, 0.4) is 0 Å². The molecule has 152 valence electrons. The van der Waals surface area contributed by atoms with Crippen LogP contribution in [0.5, 0.6) is 0 Å². The minimum atomic E-state index is -0.325. The summed E-state index contributed by atoms with van der Waals surface area (Å²) in [6, 6.07) is 7.66. The lowest BCUT2D eigenvalue weighted by Crippen LogP contribution is -2.39. The fourth-order valence-corrected chi connectivity index (χ4v) is 3.62. The Kier molecular flexibility index (Phi) is 5.97. The second kappa shape index (κ2) is 8.80. The van der Waals surface area contributed by atoms with E-state index in [2.05, 4.69) is 10.3 Å². The summed E-state index contributed by atoms with van der Waals surface area (Å²) in [5, 5.41) is 8.39. The summed E-state index contributed by atoms with van der Waals surface area (Å²) in [5.41, 5.74) is 2.78. The lowest BCUT2D eigenvalue weighted by atomic mass is 10.1. The van der Waals surface area contributed by atoms with Crippen molar-refractivity contribution in [3.05, 3.63) is 47.9 Å². The van der Waals surface area contributed by atoms with Gasteiger partial charge in [0, 0.05) is 49.4 Å². The van der Waals surface area contributed by atoms with E-state index in [-0.39, 0.29) is 12.0 Å². The highest BCUT2D eigenvalue weighted by molar-refractivity contribution is 6.30. The molecule has 1 aliphatic heterocycles. The van der Waals surface area contributed by atoms with E-state index in [0.717, 1.165) is 41.9 Å². The number of amides is 1. The fraction of sp³-hybridized carbons (Fsp3) is 0.381. The van der Waals surface area contributed by atoms with Gasteiger partial charge in [-0.3, -0.25) is 9.48 Å². The quantitative estimate of drug-likeness (QED) is 0.673. The number of hydrogen-bond donors (Lipinski definition) is 1. The van der Waals surface area contributed by atoms with Crippen LogP contribution in [0.4, 0.5) is 0 Å². The molecule has 7 nitrogen and oxygen atoms in total. The average molecular weight is 414 g/mol. The molecule has 0 radical (unpaired) electrons. The van der Waals surface area contributed by atoms with Crippen molar-refractivity contribution in [2.45, 2.75) is 31.9 Å². The predicted octanol–water partition coefficient (Wildman–Crippen LogP) is 3.29. The Hall–Kier alpha value is -2.64. The Balaban J connectivity index is 1.51. The molecule has 1 fully saturated rings. The number of nitrogens with one attached hydrogen (secondary N) is 1. The number of halogens is 1. The van der Waals surface area contributed by atoms with Gasteiger partial charge in [0.15, 0.2) is 5.82 Å². The van der Waals surface area contributed by atoms with Crippen molar-refractivity contribution in [2.24, 2.45) is 7.05 Å². The molecule has 0 saturated carbocycles. The molecule has 8 heteroatoms. The standard InChI is InChI=1S/C21H24ClN5O2/c1-26-11-9-23-20(26)19-17(15-5-7-16(22)8-6-15)14-27(25-19)12-10-24-21(28)18-4-2-3-13-29-18/h5-9,11,14,18H,2-4,10,12-13H2,1H3,(H,24,28)/t18-/m0/s1. The van der Waals surface area contributed by atoms with Crippen LogP contribution in [0.2, 0.25) is 5.02 Å². The van der Waals surface area contributed by atoms with Crippen LogP contribution in [0.25, 0.3) is 22.6 Å². The van der Waals surface area contributed by atoms with E-state index >= 15 is 0 Å². The second-order valence-corrected chi connectivity index (χ2v) is 7.61. The van der Waals surface area contributed by atoms with Crippen molar-refractivity contribution in [3.63, 3.8) is 0 Å². The predicted molar refractivity (Wildman–Crippen MR) is 111 cm³/mol. The van der Waals surface area contributed by atoms with Crippen LogP contribution >= 0.6 is 11.6 Å². The van der Waals surface area contributed by atoms with Crippen molar-refractivity contribution in [1.82, 2.24) is 24.6 Å². The number of aryl methyl sites for hydroxylation is 1. The maximum atomic E-state index is 12.3. The van der Waals surface area contributed by atoms with Crippen LogP contribution in [0.15, 0.2) is 42.9 Å². The van der Waals surface area contributed by atoms with Crippen LogP contribution in [-0.2, 0) is 23.1 Å². The molecule has 1 amide bonds. The summed E-state index contributed by atoms with van der Waals surface area (Å²) in [7, 11) is 1.94. The minimum Gasteiger partial charge on any atom is -0.368 e. The molecule has 2 aromatic heterocycles. The van der Waals surface area contributed by atoms with Gasteiger partial charge in [-0.15, -0.1) is 0 Å². The van der Waals surface area contributed by atoms with Gasteiger partial charge >= 0.3 is 0 Å². The molecule has 1 aromatic carbocycles. The van der Waals surface area contributed by atoms with Gasteiger partial charge in [0.1, 0.15) is 11.8 Å². The molecular formula is C21H24ClN5O2. The number of hydrogen-bond acceptors (Lipinski definition) is 4. The van der Waals surface area contributed by atoms with Gasteiger partial charge in [0.2, 0.25) is 5.91 Å². The van der Waals surface area contributed by atoms with E-state index in [4.69, 9.17) is 21.4 Å². The molecule has 0 aliphatic carbocycles. The van der Waals surface area contributed by atoms with E-state index < -0.39 is 0 Å². The van der Waals surface area contributed by atoms with E-state index in [1.807, 2.05) is 53.0 Å². The molecule has 3 heterocycles. The summed E-state index contributed by atoms with van der Waals surface area (Å²) in [4.78, 5) is 16.7. The molecule has 1 N–H and O–H groups in total. The minimum absolute atomic E-state index is 0.0425. The maximum Gasteiger partial charge on any atom is 0.249 e. The first-order chi connectivity index (χ1) is 14.1. The highest BCUT2D eigenvalue weighted by atomic mass is 35.5. The SMILES string of the molecule is Cn1ccnc1-c1nn(CCNC(=O)[C@@H]2CCCCO2)cc1-c1ccc(Cl)cc1. The first kappa shape index (κ1) is 19.7. The smallest absolute Gasteiger partial charge is 0.249 e. The molecule has 1 atom stereocenters. The lowest BCUT2D eigenvalue weighted by Gasteiger charge is -2.21. The molecule has 0 spiro atoms. The highest BCUT2D eigenvalue weighted by Crippen LogP contribution is 2.30. The third kappa shape index (κ3) is 4.52. The number of rotatable bonds is 6. The molecular weight excluding hydrogens is 390 g/mol. The first-order valence-corrected chi connectivity index (χ1v) is 10.2. The molecule has 0 unspecified atom stereocenters. The summed E-state index contributed by atoms with van der Waals surface area (Å²) in [6.45, 7) is 1.71. The average Bonchev–Trinajstić information content (AvgIpc) is 3.35. The van der Waals surface area contributed by atoms with Crippen LogP contribution in [0, 0.1) is 0 Å². The maximum absolute atomic E-state index is 12.3.